The van der Waals surface area contributed by atoms with E-state index >= 15 is 0 Å². The summed E-state index contributed by atoms with van der Waals surface area (Å²) in [5.41, 5.74) is 1.04. The summed E-state index contributed by atoms with van der Waals surface area (Å²) in [6, 6.07) is 3.78. The number of morpholine rings is 1. The van der Waals surface area contributed by atoms with E-state index in [-0.39, 0.29) is 24.4 Å². The number of nitrogens with one attached hydrogen (secondary N) is 2. The SMILES string of the molecule is O=C(Cn1cc(NC(=O)c2cccnc2N2CCOCC2)cn1)NC1CCCC1. The Morgan fingerprint density at radius 1 is 1.21 bits per heavy atom. The molecule has 1 saturated carbocycles. The summed E-state index contributed by atoms with van der Waals surface area (Å²) >= 11 is 0. The molecule has 154 valence electrons. The van der Waals surface area contributed by atoms with Gasteiger partial charge in [-0.15, -0.1) is 0 Å². The van der Waals surface area contributed by atoms with Crippen LogP contribution in [0.2, 0.25) is 0 Å². The fraction of sp³-hybridized carbons (Fsp3) is 0.500. The lowest BCUT2D eigenvalue weighted by molar-refractivity contribution is -0.122. The van der Waals surface area contributed by atoms with Crippen LogP contribution < -0.4 is 15.5 Å². The Morgan fingerprint density at radius 2 is 2.00 bits per heavy atom. The van der Waals surface area contributed by atoms with Gasteiger partial charge in [-0.25, -0.2) is 4.98 Å². The Hall–Kier alpha value is -2.94. The van der Waals surface area contributed by atoms with Crippen LogP contribution in [0, 0.1) is 0 Å². The van der Waals surface area contributed by atoms with E-state index in [9.17, 15) is 9.59 Å². The predicted molar refractivity (Wildman–Crippen MR) is 108 cm³/mol. The van der Waals surface area contributed by atoms with Crippen LogP contribution in [0.3, 0.4) is 0 Å². The summed E-state index contributed by atoms with van der Waals surface area (Å²) in [6.45, 7) is 2.77. The van der Waals surface area contributed by atoms with Crippen LogP contribution in [0.4, 0.5) is 11.5 Å². The molecule has 2 aromatic rings. The molecule has 0 aromatic carbocycles. The van der Waals surface area contributed by atoms with E-state index in [4.69, 9.17) is 4.74 Å². The maximum absolute atomic E-state index is 12.8. The van der Waals surface area contributed by atoms with Crippen LogP contribution >= 0.6 is 0 Å². The minimum Gasteiger partial charge on any atom is -0.378 e. The molecular formula is C20H26N6O3. The molecule has 0 radical (unpaired) electrons. The van der Waals surface area contributed by atoms with Gasteiger partial charge in [0.1, 0.15) is 12.4 Å². The average Bonchev–Trinajstić information content (AvgIpc) is 3.41. The normalized spacial score (nSPS) is 17.3. The third kappa shape index (κ3) is 4.92. The summed E-state index contributed by atoms with van der Waals surface area (Å²) < 4.78 is 6.91. The third-order valence-electron chi connectivity index (χ3n) is 5.26. The van der Waals surface area contributed by atoms with Crippen molar-refractivity contribution in [3.63, 3.8) is 0 Å². The zero-order valence-electron chi connectivity index (χ0n) is 16.3. The van der Waals surface area contributed by atoms with Gasteiger partial charge in [-0.2, -0.15) is 5.10 Å². The second-order valence-electron chi connectivity index (χ2n) is 7.40. The minimum atomic E-state index is -0.255. The number of carbonyl (C=O) groups is 2. The second kappa shape index (κ2) is 9.04. The number of pyridine rings is 1. The highest BCUT2D eigenvalue weighted by Crippen LogP contribution is 2.20. The van der Waals surface area contributed by atoms with Gasteiger partial charge in [0.15, 0.2) is 0 Å². The van der Waals surface area contributed by atoms with Gasteiger partial charge >= 0.3 is 0 Å². The van der Waals surface area contributed by atoms with Gasteiger partial charge in [-0.05, 0) is 25.0 Å². The first-order chi connectivity index (χ1) is 14.2. The molecule has 2 aromatic heterocycles. The van der Waals surface area contributed by atoms with Crippen LogP contribution in [0.5, 0.6) is 0 Å². The van der Waals surface area contributed by atoms with Crippen molar-refractivity contribution in [3.05, 3.63) is 36.3 Å². The van der Waals surface area contributed by atoms with Gasteiger partial charge in [0.25, 0.3) is 5.91 Å². The number of anilines is 2. The predicted octanol–water partition coefficient (Wildman–Crippen LogP) is 1.43. The second-order valence-corrected chi connectivity index (χ2v) is 7.40. The van der Waals surface area contributed by atoms with Crippen LogP contribution in [0.15, 0.2) is 30.7 Å². The first kappa shape index (κ1) is 19.4. The zero-order chi connectivity index (χ0) is 20.1. The van der Waals surface area contributed by atoms with Crippen molar-refractivity contribution in [3.8, 4) is 0 Å². The van der Waals surface area contributed by atoms with Crippen molar-refractivity contribution in [2.45, 2.75) is 38.3 Å². The van der Waals surface area contributed by atoms with Crippen molar-refractivity contribution in [2.75, 3.05) is 36.5 Å². The smallest absolute Gasteiger partial charge is 0.259 e. The number of hydrogen-bond donors (Lipinski definition) is 2. The van der Waals surface area contributed by atoms with E-state index in [0.29, 0.717) is 43.4 Å². The summed E-state index contributed by atoms with van der Waals surface area (Å²) in [7, 11) is 0. The van der Waals surface area contributed by atoms with E-state index in [2.05, 4.69) is 25.6 Å². The standard InChI is InChI=1S/C20H26N6O3/c27-18(23-15-4-1-2-5-15)14-26-13-16(12-22-26)24-20(28)17-6-3-7-21-19(17)25-8-10-29-11-9-25/h3,6-7,12-13,15H,1-2,4-5,8-11,14H2,(H,23,27)(H,24,28). The van der Waals surface area contributed by atoms with Crippen molar-refractivity contribution >= 4 is 23.3 Å². The van der Waals surface area contributed by atoms with E-state index in [1.165, 1.54) is 17.5 Å². The van der Waals surface area contributed by atoms with E-state index < -0.39 is 0 Å². The van der Waals surface area contributed by atoms with Crippen LogP contribution in [0.1, 0.15) is 36.0 Å². The molecule has 2 aliphatic rings. The highest BCUT2D eigenvalue weighted by atomic mass is 16.5. The molecule has 2 fully saturated rings. The molecule has 9 nitrogen and oxygen atoms in total. The number of hydrogen-bond acceptors (Lipinski definition) is 6. The molecule has 29 heavy (non-hydrogen) atoms. The third-order valence-corrected chi connectivity index (χ3v) is 5.26. The molecule has 4 rings (SSSR count). The van der Waals surface area contributed by atoms with Crippen LogP contribution in [-0.4, -0.2) is 58.9 Å². The average molecular weight is 398 g/mol. The molecule has 2 amide bonds. The zero-order valence-corrected chi connectivity index (χ0v) is 16.3. The van der Waals surface area contributed by atoms with Gasteiger partial charge in [0, 0.05) is 31.5 Å². The largest absolute Gasteiger partial charge is 0.378 e. The molecule has 1 saturated heterocycles. The summed E-state index contributed by atoms with van der Waals surface area (Å²) in [6.07, 6.45) is 9.32. The number of ether oxygens (including phenoxy) is 1. The number of aromatic nitrogens is 3. The molecule has 9 heteroatoms. The van der Waals surface area contributed by atoms with Crippen LogP contribution in [-0.2, 0) is 16.1 Å². The van der Waals surface area contributed by atoms with E-state index in [1.54, 1.807) is 30.7 Å². The lowest BCUT2D eigenvalue weighted by Gasteiger charge is -2.29. The monoisotopic (exact) mass is 398 g/mol. The fourth-order valence-electron chi connectivity index (χ4n) is 3.80. The molecular weight excluding hydrogens is 372 g/mol. The lowest BCUT2D eigenvalue weighted by Crippen LogP contribution is -2.38. The summed E-state index contributed by atoms with van der Waals surface area (Å²) in [5, 5.41) is 10.1. The molecule has 0 unspecified atom stereocenters. The molecule has 1 aliphatic carbocycles. The Bertz CT molecular complexity index is 855. The Balaban J connectivity index is 1.37. The first-order valence-corrected chi connectivity index (χ1v) is 10.1. The Kier molecular flexibility index (Phi) is 6.04. The molecule has 3 heterocycles. The summed E-state index contributed by atoms with van der Waals surface area (Å²) in [4.78, 5) is 31.4. The van der Waals surface area contributed by atoms with Gasteiger partial charge < -0.3 is 20.3 Å². The maximum atomic E-state index is 12.8. The number of rotatable bonds is 6. The maximum Gasteiger partial charge on any atom is 0.259 e. The van der Waals surface area contributed by atoms with Crippen molar-refractivity contribution < 1.29 is 14.3 Å². The highest BCUT2D eigenvalue weighted by Gasteiger charge is 2.21. The Labute approximate surface area is 169 Å². The lowest BCUT2D eigenvalue weighted by atomic mass is 10.2. The van der Waals surface area contributed by atoms with Crippen molar-refractivity contribution in [1.82, 2.24) is 20.1 Å². The van der Waals surface area contributed by atoms with Crippen molar-refractivity contribution in [2.24, 2.45) is 0 Å². The minimum absolute atomic E-state index is 0.0558. The van der Waals surface area contributed by atoms with Gasteiger partial charge in [-0.1, -0.05) is 12.8 Å². The number of amides is 2. The molecule has 1 aliphatic heterocycles. The van der Waals surface area contributed by atoms with E-state index in [0.717, 1.165) is 12.8 Å². The molecule has 2 N–H and O–H groups in total. The Morgan fingerprint density at radius 3 is 2.79 bits per heavy atom. The van der Waals surface area contributed by atoms with Gasteiger partial charge in [0.2, 0.25) is 5.91 Å². The topological polar surface area (TPSA) is 101 Å². The number of carbonyl (C=O) groups excluding carboxylic acids is 2. The quantitative estimate of drug-likeness (QED) is 0.763. The van der Waals surface area contributed by atoms with Crippen molar-refractivity contribution in [1.29, 1.82) is 0 Å². The van der Waals surface area contributed by atoms with Gasteiger partial charge in [0.05, 0.1) is 30.7 Å². The van der Waals surface area contributed by atoms with Gasteiger partial charge in [-0.3, -0.25) is 14.3 Å². The van der Waals surface area contributed by atoms with E-state index in [1.807, 2.05) is 0 Å². The molecule has 0 bridgehead atoms. The molecule has 0 spiro atoms. The fourth-order valence-corrected chi connectivity index (χ4v) is 3.80. The highest BCUT2D eigenvalue weighted by molar-refractivity contribution is 6.07. The van der Waals surface area contributed by atoms with Crippen LogP contribution in [0.25, 0.3) is 0 Å². The molecule has 0 atom stereocenters. The first-order valence-electron chi connectivity index (χ1n) is 10.1. The number of nitrogens with zero attached hydrogens (tertiary/aromatic N) is 4. The summed E-state index contributed by atoms with van der Waals surface area (Å²) in [5.74, 6) is 0.339.